The van der Waals surface area contributed by atoms with Gasteiger partial charge in [0.1, 0.15) is 0 Å². The van der Waals surface area contributed by atoms with Gasteiger partial charge in [-0.2, -0.15) is 0 Å². The van der Waals surface area contributed by atoms with E-state index in [9.17, 15) is 8.78 Å². The second-order valence-corrected chi connectivity index (χ2v) is 6.09. The largest absolute Gasteiger partial charge is 0.314 e. The molecule has 0 radical (unpaired) electrons. The minimum Gasteiger partial charge on any atom is -0.314 e. The van der Waals surface area contributed by atoms with Crippen LogP contribution >= 0.6 is 0 Å². The minimum absolute atomic E-state index is 0.146. The first-order valence-corrected chi connectivity index (χ1v) is 7.90. The highest BCUT2D eigenvalue weighted by molar-refractivity contribution is 5.35. The van der Waals surface area contributed by atoms with E-state index < -0.39 is 11.6 Å². The second-order valence-electron chi connectivity index (χ2n) is 6.09. The second kappa shape index (κ2) is 6.57. The van der Waals surface area contributed by atoms with E-state index in [1.165, 1.54) is 6.07 Å². The molecule has 0 amide bonds. The Kier molecular flexibility index (Phi) is 4.53. The van der Waals surface area contributed by atoms with Crippen molar-refractivity contribution in [2.45, 2.75) is 31.7 Å². The fourth-order valence-corrected chi connectivity index (χ4v) is 3.58. The highest BCUT2D eigenvalue weighted by atomic mass is 19.2. The molecule has 1 nitrogen and oxygen atoms in total. The summed E-state index contributed by atoms with van der Waals surface area (Å²) in [5.41, 5.74) is 1.49. The summed E-state index contributed by atoms with van der Waals surface area (Å²) in [6, 6.07) is 14.7. The van der Waals surface area contributed by atoms with Crippen LogP contribution < -0.4 is 5.32 Å². The van der Waals surface area contributed by atoms with E-state index in [0.717, 1.165) is 24.9 Å². The summed E-state index contributed by atoms with van der Waals surface area (Å²) in [6.07, 6.45) is 2.23. The van der Waals surface area contributed by atoms with Gasteiger partial charge in [0.15, 0.2) is 11.6 Å². The Morgan fingerprint density at radius 2 is 1.82 bits per heavy atom. The van der Waals surface area contributed by atoms with Crippen molar-refractivity contribution in [3.8, 4) is 0 Å². The van der Waals surface area contributed by atoms with Gasteiger partial charge in [0.25, 0.3) is 0 Å². The van der Waals surface area contributed by atoms with Gasteiger partial charge >= 0.3 is 0 Å². The van der Waals surface area contributed by atoms with Crippen LogP contribution in [0, 0.1) is 17.6 Å². The summed E-state index contributed by atoms with van der Waals surface area (Å²) < 4.78 is 28.1. The predicted molar refractivity (Wildman–Crippen MR) is 84.8 cm³/mol. The van der Waals surface area contributed by atoms with Gasteiger partial charge in [0.2, 0.25) is 0 Å². The number of nitrogens with one attached hydrogen (secondary N) is 1. The number of benzene rings is 2. The fourth-order valence-electron chi connectivity index (χ4n) is 3.58. The lowest BCUT2D eigenvalue weighted by Crippen LogP contribution is -2.33. The molecule has 3 rings (SSSR count). The molecule has 2 aromatic carbocycles. The molecule has 0 spiro atoms. The van der Waals surface area contributed by atoms with Gasteiger partial charge in [-0.1, -0.05) is 49.4 Å². The van der Waals surface area contributed by atoms with Gasteiger partial charge in [0, 0.05) is 12.0 Å². The quantitative estimate of drug-likeness (QED) is 0.877. The summed E-state index contributed by atoms with van der Waals surface area (Å²) in [5.74, 6) is -1.44. The van der Waals surface area contributed by atoms with Crippen LogP contribution in [0.25, 0.3) is 0 Å². The van der Waals surface area contributed by atoms with Crippen LogP contribution in [-0.2, 0) is 0 Å². The first kappa shape index (κ1) is 15.2. The molecule has 116 valence electrons. The van der Waals surface area contributed by atoms with Crippen molar-refractivity contribution in [3.05, 3.63) is 71.3 Å². The van der Waals surface area contributed by atoms with Crippen LogP contribution in [-0.4, -0.2) is 12.6 Å². The van der Waals surface area contributed by atoms with Crippen molar-refractivity contribution in [1.82, 2.24) is 5.32 Å². The van der Waals surface area contributed by atoms with Crippen molar-refractivity contribution in [2.75, 3.05) is 6.54 Å². The molecule has 0 aliphatic carbocycles. The summed E-state index contributed by atoms with van der Waals surface area (Å²) in [7, 11) is 0. The molecule has 3 atom stereocenters. The summed E-state index contributed by atoms with van der Waals surface area (Å²) >= 11 is 0. The third-order valence-electron chi connectivity index (χ3n) is 4.73. The molecular weight excluding hydrogens is 280 g/mol. The maximum absolute atomic E-state index is 14.4. The summed E-state index contributed by atoms with van der Waals surface area (Å²) in [6.45, 7) is 3.13. The van der Waals surface area contributed by atoms with Gasteiger partial charge in [0.05, 0.1) is 0 Å². The molecule has 1 N–H and O–H groups in total. The molecule has 0 saturated carbocycles. The van der Waals surface area contributed by atoms with Crippen molar-refractivity contribution in [3.63, 3.8) is 0 Å². The zero-order chi connectivity index (χ0) is 15.5. The van der Waals surface area contributed by atoms with E-state index in [2.05, 4.69) is 12.2 Å². The van der Waals surface area contributed by atoms with Crippen LogP contribution in [0.5, 0.6) is 0 Å². The standard InChI is InChI=1S/C19H21F2N/c1-13(17-11-6-12-22-17)18(14-7-3-2-4-8-14)15-9-5-10-16(20)19(15)21/h2-5,7-10,13,17-18,22H,6,11-12H2,1H3/t13-,17+,18+/m0/s1. The molecule has 1 saturated heterocycles. The van der Waals surface area contributed by atoms with Gasteiger partial charge in [-0.25, -0.2) is 8.78 Å². The van der Waals surface area contributed by atoms with E-state index in [0.29, 0.717) is 11.6 Å². The van der Waals surface area contributed by atoms with E-state index >= 15 is 0 Å². The van der Waals surface area contributed by atoms with Gasteiger partial charge in [-0.05, 0) is 42.5 Å². The molecule has 1 fully saturated rings. The van der Waals surface area contributed by atoms with Gasteiger partial charge in [-0.3, -0.25) is 0 Å². The Bertz CT molecular complexity index is 621. The van der Waals surface area contributed by atoms with Crippen LogP contribution in [0.3, 0.4) is 0 Å². The number of halogens is 2. The fraction of sp³-hybridized carbons (Fsp3) is 0.368. The zero-order valence-electron chi connectivity index (χ0n) is 12.7. The Morgan fingerprint density at radius 3 is 2.50 bits per heavy atom. The molecule has 0 unspecified atom stereocenters. The van der Waals surface area contributed by atoms with Crippen molar-refractivity contribution in [1.29, 1.82) is 0 Å². The molecule has 1 aliphatic rings. The smallest absolute Gasteiger partial charge is 0.162 e. The third kappa shape index (κ3) is 2.91. The Hall–Kier alpha value is -1.74. The monoisotopic (exact) mass is 301 g/mol. The van der Waals surface area contributed by atoms with Crippen LogP contribution in [0.4, 0.5) is 8.78 Å². The lowest BCUT2D eigenvalue weighted by Gasteiger charge is -2.30. The molecule has 1 aliphatic heterocycles. The number of rotatable bonds is 4. The van der Waals surface area contributed by atoms with Crippen LogP contribution in [0.15, 0.2) is 48.5 Å². The zero-order valence-corrected chi connectivity index (χ0v) is 12.7. The molecule has 2 aromatic rings. The first-order chi connectivity index (χ1) is 10.7. The SMILES string of the molecule is C[C@H]([C@H](c1ccccc1)c1cccc(F)c1F)[C@H]1CCCN1. The molecule has 1 heterocycles. The molecule has 0 aromatic heterocycles. The molecule has 0 bridgehead atoms. The summed E-state index contributed by atoms with van der Waals surface area (Å²) in [4.78, 5) is 0. The summed E-state index contributed by atoms with van der Waals surface area (Å²) in [5, 5.41) is 3.49. The highest BCUT2D eigenvalue weighted by Gasteiger charge is 2.32. The topological polar surface area (TPSA) is 12.0 Å². The minimum atomic E-state index is -0.773. The van der Waals surface area contributed by atoms with Gasteiger partial charge < -0.3 is 5.32 Å². The van der Waals surface area contributed by atoms with Crippen molar-refractivity contribution in [2.24, 2.45) is 5.92 Å². The van der Waals surface area contributed by atoms with E-state index in [-0.39, 0.29) is 11.8 Å². The number of hydrogen-bond acceptors (Lipinski definition) is 1. The lowest BCUT2D eigenvalue weighted by atomic mass is 9.77. The predicted octanol–water partition coefficient (Wildman–Crippen LogP) is 4.48. The average Bonchev–Trinajstić information content (AvgIpc) is 3.07. The van der Waals surface area contributed by atoms with Crippen molar-refractivity contribution >= 4 is 0 Å². The Morgan fingerprint density at radius 1 is 1.05 bits per heavy atom. The molecule has 3 heteroatoms. The van der Waals surface area contributed by atoms with E-state index in [1.54, 1.807) is 12.1 Å². The van der Waals surface area contributed by atoms with Crippen LogP contribution in [0.2, 0.25) is 0 Å². The van der Waals surface area contributed by atoms with Crippen LogP contribution in [0.1, 0.15) is 36.8 Å². The molecular formula is C19H21F2N. The van der Waals surface area contributed by atoms with E-state index in [1.807, 2.05) is 30.3 Å². The maximum Gasteiger partial charge on any atom is 0.162 e. The lowest BCUT2D eigenvalue weighted by molar-refractivity contribution is 0.371. The molecule has 22 heavy (non-hydrogen) atoms. The van der Waals surface area contributed by atoms with Gasteiger partial charge in [-0.15, -0.1) is 0 Å². The Labute approximate surface area is 130 Å². The van der Waals surface area contributed by atoms with E-state index in [4.69, 9.17) is 0 Å². The highest BCUT2D eigenvalue weighted by Crippen LogP contribution is 2.37. The first-order valence-electron chi connectivity index (χ1n) is 7.90. The maximum atomic E-state index is 14.4. The number of hydrogen-bond donors (Lipinski definition) is 1. The average molecular weight is 301 g/mol. The normalized spacial score (nSPS) is 20.8. The third-order valence-corrected chi connectivity index (χ3v) is 4.73. The Balaban J connectivity index is 2.04. The van der Waals surface area contributed by atoms with Crippen molar-refractivity contribution < 1.29 is 8.78 Å².